The molecule has 0 fully saturated rings. The molecular formula is C16H17FN4O5S. The highest BCUT2D eigenvalue weighted by Crippen LogP contribution is 2.30. The molecular weight excluding hydrogens is 379 g/mol. The summed E-state index contributed by atoms with van der Waals surface area (Å²) < 4.78 is 38.6. The molecule has 2 N–H and O–H groups in total. The minimum atomic E-state index is -3.85. The van der Waals surface area contributed by atoms with E-state index in [4.69, 9.17) is 0 Å². The van der Waals surface area contributed by atoms with Crippen LogP contribution in [0.1, 0.15) is 0 Å². The van der Waals surface area contributed by atoms with Crippen LogP contribution in [0, 0.1) is 15.9 Å². The lowest BCUT2D eigenvalue weighted by molar-refractivity contribution is -0.384. The van der Waals surface area contributed by atoms with Crippen LogP contribution in [0.15, 0.2) is 47.4 Å². The molecule has 0 spiro atoms. The van der Waals surface area contributed by atoms with Crippen LogP contribution in [-0.2, 0) is 14.8 Å². The second-order valence-electron chi connectivity index (χ2n) is 5.53. The molecule has 0 bridgehead atoms. The third-order valence-electron chi connectivity index (χ3n) is 3.64. The molecule has 2 aromatic rings. The van der Waals surface area contributed by atoms with Gasteiger partial charge in [0.15, 0.2) is 0 Å². The molecule has 144 valence electrons. The SMILES string of the molecule is CNS(=O)(=O)c1ccc(N(C)CC(=O)Nc2ccc(F)cc2)c([N+](=O)[O-])c1. The quantitative estimate of drug-likeness (QED) is 0.543. The van der Waals surface area contributed by atoms with E-state index in [-0.39, 0.29) is 17.1 Å². The Morgan fingerprint density at radius 2 is 1.85 bits per heavy atom. The van der Waals surface area contributed by atoms with E-state index in [9.17, 15) is 27.7 Å². The zero-order valence-corrected chi connectivity index (χ0v) is 15.3. The molecule has 11 heteroatoms. The Balaban J connectivity index is 2.22. The Kier molecular flexibility index (Phi) is 6.08. The summed E-state index contributed by atoms with van der Waals surface area (Å²) in [6.45, 7) is -0.240. The smallest absolute Gasteiger partial charge is 0.293 e. The fourth-order valence-electron chi connectivity index (χ4n) is 2.29. The number of carbonyl (C=O) groups is 1. The number of nitrogens with zero attached hydrogens (tertiary/aromatic N) is 2. The molecule has 0 aliphatic carbocycles. The van der Waals surface area contributed by atoms with Gasteiger partial charge >= 0.3 is 0 Å². The van der Waals surface area contributed by atoms with E-state index in [1.165, 1.54) is 55.4 Å². The van der Waals surface area contributed by atoms with E-state index in [1.807, 2.05) is 0 Å². The lowest BCUT2D eigenvalue weighted by Crippen LogP contribution is -2.30. The van der Waals surface area contributed by atoms with Crippen molar-refractivity contribution in [1.29, 1.82) is 0 Å². The Morgan fingerprint density at radius 3 is 2.41 bits per heavy atom. The molecule has 0 aromatic heterocycles. The fraction of sp³-hybridized carbons (Fsp3) is 0.188. The van der Waals surface area contributed by atoms with Crippen molar-refractivity contribution in [1.82, 2.24) is 4.72 Å². The number of amides is 1. The van der Waals surface area contributed by atoms with Gasteiger partial charge in [0.2, 0.25) is 15.9 Å². The number of rotatable bonds is 7. The number of likely N-dealkylation sites (N-methyl/N-ethyl adjacent to an activating group) is 1. The molecule has 1 amide bonds. The summed E-state index contributed by atoms with van der Waals surface area (Å²) in [5, 5.41) is 13.9. The maximum absolute atomic E-state index is 12.9. The van der Waals surface area contributed by atoms with Crippen molar-refractivity contribution < 1.29 is 22.5 Å². The van der Waals surface area contributed by atoms with Crippen molar-refractivity contribution in [3.05, 3.63) is 58.4 Å². The monoisotopic (exact) mass is 396 g/mol. The van der Waals surface area contributed by atoms with Crippen LogP contribution < -0.4 is 14.9 Å². The standard InChI is InChI=1S/C16H17FN4O5S/c1-18-27(25,26)13-7-8-14(15(9-13)21(23)24)20(2)10-16(22)19-12-5-3-11(17)4-6-12/h3-9,18H,10H2,1-2H3,(H,19,22). The van der Waals surface area contributed by atoms with Crippen molar-refractivity contribution in [2.75, 3.05) is 30.9 Å². The molecule has 0 aliphatic heterocycles. The third-order valence-corrected chi connectivity index (χ3v) is 5.05. The predicted molar refractivity (Wildman–Crippen MR) is 97.6 cm³/mol. The Hall–Kier alpha value is -3.05. The van der Waals surface area contributed by atoms with Gasteiger partial charge in [-0.15, -0.1) is 0 Å². The van der Waals surface area contributed by atoms with Crippen LogP contribution in [0.4, 0.5) is 21.5 Å². The van der Waals surface area contributed by atoms with E-state index >= 15 is 0 Å². The first-order valence-electron chi connectivity index (χ1n) is 7.62. The second kappa shape index (κ2) is 8.10. The molecule has 0 saturated heterocycles. The largest absolute Gasteiger partial charge is 0.360 e. The van der Waals surface area contributed by atoms with Crippen LogP contribution in [-0.4, -0.2) is 39.9 Å². The molecule has 0 unspecified atom stereocenters. The summed E-state index contributed by atoms with van der Waals surface area (Å²) >= 11 is 0. The molecule has 0 aliphatic rings. The van der Waals surface area contributed by atoms with E-state index in [0.29, 0.717) is 5.69 Å². The van der Waals surface area contributed by atoms with Crippen LogP contribution in [0.2, 0.25) is 0 Å². The number of hydrogen-bond acceptors (Lipinski definition) is 6. The average Bonchev–Trinajstić information content (AvgIpc) is 2.62. The maximum Gasteiger partial charge on any atom is 0.293 e. The molecule has 2 rings (SSSR count). The van der Waals surface area contributed by atoms with Gasteiger partial charge in [0, 0.05) is 18.8 Å². The molecule has 0 heterocycles. The number of benzene rings is 2. The number of nitro benzene ring substituents is 1. The predicted octanol–water partition coefficient (Wildman–Crippen LogP) is 1.72. The summed E-state index contributed by atoms with van der Waals surface area (Å²) in [5.41, 5.74) is -0.00697. The van der Waals surface area contributed by atoms with Crippen molar-refractivity contribution in [3.63, 3.8) is 0 Å². The summed E-state index contributed by atoms with van der Waals surface area (Å²) in [5.74, 6) is -0.928. The number of nitrogens with one attached hydrogen (secondary N) is 2. The van der Waals surface area contributed by atoms with Crippen LogP contribution >= 0.6 is 0 Å². The number of carbonyl (C=O) groups excluding carboxylic acids is 1. The Labute approximate surface area is 155 Å². The minimum Gasteiger partial charge on any atom is -0.360 e. The third kappa shape index (κ3) is 4.99. The molecule has 0 atom stereocenters. The summed E-state index contributed by atoms with van der Waals surface area (Å²) in [4.78, 5) is 23.8. The number of halogens is 1. The van der Waals surface area contributed by atoms with Crippen molar-refractivity contribution >= 4 is 33.0 Å². The zero-order valence-electron chi connectivity index (χ0n) is 14.5. The highest BCUT2D eigenvalue weighted by atomic mass is 32.2. The van der Waals surface area contributed by atoms with Crippen molar-refractivity contribution in [3.8, 4) is 0 Å². The lowest BCUT2D eigenvalue weighted by Gasteiger charge is -2.19. The lowest BCUT2D eigenvalue weighted by atomic mass is 10.2. The van der Waals surface area contributed by atoms with E-state index in [0.717, 1.165) is 6.07 Å². The van der Waals surface area contributed by atoms with Gasteiger partial charge in [-0.25, -0.2) is 17.5 Å². The van der Waals surface area contributed by atoms with Gasteiger partial charge in [0.25, 0.3) is 5.69 Å². The number of hydrogen-bond donors (Lipinski definition) is 2. The second-order valence-corrected chi connectivity index (χ2v) is 7.41. The van der Waals surface area contributed by atoms with Crippen LogP contribution in [0.5, 0.6) is 0 Å². The van der Waals surface area contributed by atoms with Crippen molar-refractivity contribution in [2.45, 2.75) is 4.90 Å². The van der Waals surface area contributed by atoms with Gasteiger partial charge in [0.05, 0.1) is 16.4 Å². The number of anilines is 2. The van der Waals surface area contributed by atoms with Gasteiger partial charge < -0.3 is 10.2 Å². The summed E-state index contributed by atoms with van der Waals surface area (Å²) in [7, 11) is -1.19. The zero-order chi connectivity index (χ0) is 20.2. The van der Waals surface area contributed by atoms with E-state index in [1.54, 1.807) is 0 Å². The van der Waals surface area contributed by atoms with Gasteiger partial charge in [-0.1, -0.05) is 0 Å². The topological polar surface area (TPSA) is 122 Å². The highest BCUT2D eigenvalue weighted by molar-refractivity contribution is 7.89. The summed E-state index contributed by atoms with van der Waals surface area (Å²) in [6, 6.07) is 8.53. The molecule has 0 radical (unpaired) electrons. The normalized spacial score (nSPS) is 11.1. The van der Waals surface area contributed by atoms with Gasteiger partial charge in [-0.05, 0) is 43.4 Å². The minimum absolute atomic E-state index is 0.0734. The Bertz CT molecular complexity index is 963. The van der Waals surface area contributed by atoms with E-state index < -0.39 is 32.4 Å². The molecule has 0 saturated carbocycles. The Morgan fingerprint density at radius 1 is 1.22 bits per heavy atom. The average molecular weight is 396 g/mol. The first kappa shape index (κ1) is 20.3. The van der Waals surface area contributed by atoms with E-state index in [2.05, 4.69) is 10.0 Å². The number of sulfonamides is 1. The van der Waals surface area contributed by atoms with Gasteiger partial charge in [0.1, 0.15) is 11.5 Å². The maximum atomic E-state index is 12.9. The molecule has 27 heavy (non-hydrogen) atoms. The molecule has 9 nitrogen and oxygen atoms in total. The molecule has 2 aromatic carbocycles. The fourth-order valence-corrected chi connectivity index (χ4v) is 3.04. The van der Waals surface area contributed by atoms with Gasteiger partial charge in [-0.3, -0.25) is 14.9 Å². The van der Waals surface area contributed by atoms with Crippen LogP contribution in [0.3, 0.4) is 0 Å². The first-order valence-corrected chi connectivity index (χ1v) is 9.11. The highest BCUT2D eigenvalue weighted by Gasteiger charge is 2.23. The van der Waals surface area contributed by atoms with Crippen LogP contribution in [0.25, 0.3) is 0 Å². The first-order chi connectivity index (χ1) is 12.6. The summed E-state index contributed by atoms with van der Waals surface area (Å²) in [6.07, 6.45) is 0. The van der Waals surface area contributed by atoms with Gasteiger partial charge in [-0.2, -0.15) is 0 Å². The van der Waals surface area contributed by atoms with Crippen molar-refractivity contribution in [2.24, 2.45) is 0 Å². The number of nitro groups is 1.